The Bertz CT molecular complexity index is 4610. The van der Waals surface area contributed by atoms with E-state index in [1.807, 2.05) is 36.4 Å². The molecule has 15 aromatic rings. The predicted molar refractivity (Wildman–Crippen MR) is 337 cm³/mol. The van der Waals surface area contributed by atoms with E-state index in [1.165, 1.54) is 87.8 Å². The molecule has 0 aliphatic rings. The highest BCUT2D eigenvalue weighted by atomic mass is 15.1. The highest BCUT2D eigenvalue weighted by molar-refractivity contribution is 6.12. The van der Waals surface area contributed by atoms with Crippen LogP contribution in [-0.2, 0) is 11.1 Å². The third kappa shape index (κ3) is 7.89. The van der Waals surface area contributed by atoms with E-state index < -0.39 is 11.1 Å². The van der Waals surface area contributed by atoms with Crippen LogP contribution in [0.15, 0.2) is 267 Å². The van der Waals surface area contributed by atoms with Gasteiger partial charge in [0.05, 0.1) is 33.1 Å². The predicted octanol–water partition coefficient (Wildman–Crippen LogP) is 19.1. The van der Waals surface area contributed by atoms with Crippen molar-refractivity contribution in [1.29, 1.82) is 0 Å². The van der Waals surface area contributed by atoms with Crippen molar-refractivity contribution in [3.05, 3.63) is 278 Å². The van der Waals surface area contributed by atoms with Gasteiger partial charge in [-0.1, -0.05) is 206 Å². The topological polar surface area (TPSA) is 53.5 Å². The van der Waals surface area contributed by atoms with Crippen LogP contribution in [0.1, 0.15) is 38.8 Å². The lowest BCUT2D eigenvalue weighted by molar-refractivity contribution is 0.465. The number of rotatable bonds is 10. The smallest absolute Gasteiger partial charge is 0.164 e. The molecule has 4 heterocycles. The fourth-order valence-electron chi connectivity index (χ4n) is 12.8. The van der Waals surface area contributed by atoms with Gasteiger partial charge in [0.25, 0.3) is 0 Å². The van der Waals surface area contributed by atoms with Gasteiger partial charge in [0.1, 0.15) is 0 Å². The summed E-state index contributed by atoms with van der Waals surface area (Å²) in [7, 11) is 0. The quantitative estimate of drug-likeness (QED) is 0.137. The van der Waals surface area contributed by atoms with Crippen molar-refractivity contribution in [1.82, 2.24) is 28.7 Å². The van der Waals surface area contributed by atoms with E-state index in [-0.39, 0.29) is 0 Å². The number of aromatic nitrogens is 6. The molecule has 0 N–H and O–H groups in total. The van der Waals surface area contributed by atoms with Crippen LogP contribution in [0, 0.1) is 0 Å². The number of hydrogen-bond acceptors (Lipinski definition) is 3. The van der Waals surface area contributed by atoms with Gasteiger partial charge in [-0.2, -0.15) is 0 Å². The summed E-state index contributed by atoms with van der Waals surface area (Å²) in [6.07, 6.45) is 0. The normalized spacial score (nSPS) is 12.2. The molecule has 386 valence electrons. The number of benzene rings is 11. The first kappa shape index (κ1) is 48.0. The monoisotopic (exact) mass is 1040 g/mol. The van der Waals surface area contributed by atoms with Gasteiger partial charge in [-0.15, -0.1) is 0 Å². The lowest BCUT2D eigenvalue weighted by Gasteiger charge is -2.30. The van der Waals surface area contributed by atoms with Gasteiger partial charge in [0.15, 0.2) is 17.5 Å². The maximum Gasteiger partial charge on any atom is 0.164 e. The van der Waals surface area contributed by atoms with E-state index in [2.05, 4.69) is 272 Å². The van der Waals surface area contributed by atoms with Crippen LogP contribution in [0.2, 0.25) is 0 Å². The highest BCUT2D eigenvalue weighted by Gasteiger charge is 2.31. The van der Waals surface area contributed by atoms with Crippen molar-refractivity contribution in [2.45, 2.75) is 38.8 Å². The van der Waals surface area contributed by atoms with Gasteiger partial charge in [-0.05, 0) is 122 Å². The molecular weight excluding hydrogens is 985 g/mol. The van der Waals surface area contributed by atoms with Gasteiger partial charge in [0.2, 0.25) is 0 Å². The van der Waals surface area contributed by atoms with Gasteiger partial charge in [-0.25, -0.2) is 15.0 Å². The van der Waals surface area contributed by atoms with Crippen molar-refractivity contribution in [2.75, 3.05) is 0 Å². The highest BCUT2D eigenvalue weighted by Crippen LogP contribution is 2.44. The van der Waals surface area contributed by atoms with Crippen LogP contribution in [-0.4, -0.2) is 28.7 Å². The summed E-state index contributed by atoms with van der Waals surface area (Å²) in [6.45, 7) is 9.48. The second kappa shape index (κ2) is 18.8. The average Bonchev–Trinajstić information content (AvgIpc) is 4.35. The molecule has 0 aliphatic carbocycles. The summed E-state index contributed by atoms with van der Waals surface area (Å²) in [5.41, 5.74) is 17.1. The number of nitrogens with zero attached hydrogens (tertiary/aromatic N) is 6. The fourth-order valence-corrected chi connectivity index (χ4v) is 12.8. The Balaban J connectivity index is 0.934. The minimum atomic E-state index is -0.482. The minimum absolute atomic E-state index is 0.482. The molecule has 0 fully saturated rings. The standard InChI is InChI=1S/C75H56N6/c1-74(2,80-65-31-19-17-29-59(65)63-41-35-54(45-69(63)80)49-21-9-5-10-22-49)56-37-43-61-62-44-38-57(75(3,4)81-66-32-20-18-30-60(66)64-42-36-55(46-70(64)81)50-23-11-6-12-24-50)48-68(62)79(67(61)47-56)58-39-33-53(34-40-58)73-77-71(51-25-13-7-14-26-51)76-72(78-73)52-27-15-8-16-28-52/h5-48H,1-4H3. The van der Waals surface area contributed by atoms with Crippen LogP contribution in [0.4, 0.5) is 0 Å². The van der Waals surface area contributed by atoms with Crippen molar-refractivity contribution in [3.8, 4) is 62.1 Å². The molecule has 11 aromatic carbocycles. The molecule has 81 heavy (non-hydrogen) atoms. The molecule has 0 spiro atoms. The van der Waals surface area contributed by atoms with Gasteiger partial charge in [-0.3, -0.25) is 0 Å². The fraction of sp³-hybridized carbons (Fsp3) is 0.0800. The average molecular weight is 1040 g/mol. The summed E-state index contributed by atoms with van der Waals surface area (Å²) in [4.78, 5) is 15.2. The molecule has 15 rings (SSSR count). The molecule has 6 heteroatoms. The zero-order valence-corrected chi connectivity index (χ0v) is 45.6. The van der Waals surface area contributed by atoms with Crippen molar-refractivity contribution in [3.63, 3.8) is 0 Å². The Morgan fingerprint density at radius 1 is 0.247 bits per heavy atom. The largest absolute Gasteiger partial charge is 0.331 e. The van der Waals surface area contributed by atoms with E-state index in [0.29, 0.717) is 17.5 Å². The Labute approximate surface area is 470 Å². The molecule has 0 aliphatic heterocycles. The lowest BCUT2D eigenvalue weighted by Crippen LogP contribution is -2.27. The summed E-state index contributed by atoms with van der Waals surface area (Å²) in [6, 6.07) is 96.5. The third-order valence-corrected chi connectivity index (χ3v) is 16.9. The van der Waals surface area contributed by atoms with Crippen molar-refractivity contribution in [2.24, 2.45) is 0 Å². The molecule has 0 bridgehead atoms. The lowest BCUT2D eigenvalue weighted by atomic mass is 9.91. The maximum absolute atomic E-state index is 5.12. The zero-order chi connectivity index (χ0) is 54.4. The number of hydrogen-bond donors (Lipinski definition) is 0. The Morgan fingerprint density at radius 3 is 0.963 bits per heavy atom. The minimum Gasteiger partial charge on any atom is -0.331 e. The molecule has 0 atom stereocenters. The Morgan fingerprint density at radius 2 is 0.556 bits per heavy atom. The molecule has 0 unspecified atom stereocenters. The van der Waals surface area contributed by atoms with E-state index in [4.69, 9.17) is 15.0 Å². The first-order valence-electron chi connectivity index (χ1n) is 27.9. The number of para-hydroxylation sites is 2. The molecule has 0 radical (unpaired) electrons. The second-order valence-corrected chi connectivity index (χ2v) is 22.4. The van der Waals surface area contributed by atoms with Gasteiger partial charge < -0.3 is 13.7 Å². The Kier molecular flexibility index (Phi) is 11.1. The summed E-state index contributed by atoms with van der Waals surface area (Å²) in [5.74, 6) is 1.89. The molecule has 0 saturated heterocycles. The second-order valence-electron chi connectivity index (χ2n) is 22.4. The molecular formula is C75H56N6. The van der Waals surface area contributed by atoms with Crippen molar-refractivity contribution >= 4 is 65.4 Å². The van der Waals surface area contributed by atoms with Crippen molar-refractivity contribution < 1.29 is 0 Å². The van der Waals surface area contributed by atoms with Crippen LogP contribution < -0.4 is 0 Å². The summed E-state index contributed by atoms with van der Waals surface area (Å²) >= 11 is 0. The zero-order valence-electron chi connectivity index (χ0n) is 45.6. The maximum atomic E-state index is 5.12. The van der Waals surface area contributed by atoms with E-state index in [9.17, 15) is 0 Å². The van der Waals surface area contributed by atoms with Crippen LogP contribution in [0.3, 0.4) is 0 Å². The van der Waals surface area contributed by atoms with E-state index >= 15 is 0 Å². The molecule has 0 saturated carbocycles. The third-order valence-electron chi connectivity index (χ3n) is 16.9. The van der Waals surface area contributed by atoms with Crippen LogP contribution in [0.25, 0.3) is 128 Å². The molecule has 0 amide bonds. The first-order valence-corrected chi connectivity index (χ1v) is 27.9. The first-order chi connectivity index (χ1) is 39.7. The summed E-state index contributed by atoms with van der Waals surface area (Å²) in [5, 5.41) is 7.36. The summed E-state index contributed by atoms with van der Waals surface area (Å²) < 4.78 is 7.60. The van der Waals surface area contributed by atoms with E-state index in [0.717, 1.165) is 33.4 Å². The van der Waals surface area contributed by atoms with E-state index in [1.54, 1.807) is 0 Å². The number of fused-ring (bicyclic) bond motifs is 9. The molecule has 6 nitrogen and oxygen atoms in total. The van der Waals surface area contributed by atoms with Crippen LogP contribution in [0.5, 0.6) is 0 Å². The SMILES string of the molecule is CC(C)(c1ccc2c3ccc(C(C)(C)n4c5ccccc5c5ccc(-c6ccccc6)cc54)cc3n(-c3ccc(-c4nc(-c5ccccc5)nc(-c5ccccc5)n4)cc3)c2c1)n1c2ccccc2c2ccc(-c3ccccc3)cc21. The Hall–Kier alpha value is -10.2. The van der Waals surface area contributed by atoms with Gasteiger partial charge >= 0.3 is 0 Å². The van der Waals surface area contributed by atoms with Gasteiger partial charge in [0, 0.05) is 65.7 Å². The molecule has 4 aromatic heterocycles. The van der Waals surface area contributed by atoms with Crippen LogP contribution >= 0.6 is 0 Å².